The van der Waals surface area contributed by atoms with Crippen LogP contribution in [0.5, 0.6) is 5.75 Å². The van der Waals surface area contributed by atoms with Crippen molar-refractivity contribution in [3.05, 3.63) is 65.2 Å². The summed E-state index contributed by atoms with van der Waals surface area (Å²) in [4.78, 5) is 12.2. The Kier molecular flexibility index (Phi) is 6.05. The molecular weight excluding hydrogens is 304 g/mol. The fourth-order valence-electron chi connectivity index (χ4n) is 2.15. The van der Waals surface area contributed by atoms with Crippen LogP contribution in [0, 0.1) is 0 Å². The lowest BCUT2D eigenvalue weighted by Gasteiger charge is -2.12. The van der Waals surface area contributed by atoms with Gasteiger partial charge in [0.2, 0.25) is 0 Å². The number of benzene rings is 2. The molecule has 2 rings (SSSR count). The Morgan fingerprint density at radius 1 is 1.09 bits per heavy atom. The van der Waals surface area contributed by atoms with Gasteiger partial charge in [-0.25, -0.2) is 0 Å². The average molecular weight is 321 g/mol. The minimum Gasteiger partial charge on any atom is -0.434 e. The Hall–Kier alpha value is -2.47. The van der Waals surface area contributed by atoms with Crippen molar-refractivity contribution in [2.45, 2.75) is 19.8 Å². The summed E-state index contributed by atoms with van der Waals surface area (Å²) in [5.41, 5.74) is 1.92. The summed E-state index contributed by atoms with van der Waals surface area (Å²) in [6.45, 7) is -2.29. The van der Waals surface area contributed by atoms with Crippen LogP contribution in [0.1, 0.15) is 21.5 Å². The van der Waals surface area contributed by atoms with Crippen LogP contribution in [-0.4, -0.2) is 19.6 Å². The van der Waals surface area contributed by atoms with E-state index in [1.54, 1.807) is 13.2 Å². The second-order valence-corrected chi connectivity index (χ2v) is 4.76. The molecule has 0 saturated carbocycles. The summed E-state index contributed by atoms with van der Waals surface area (Å²) < 4.78 is 34.2. The van der Waals surface area contributed by atoms with Crippen molar-refractivity contribution in [2.75, 3.05) is 7.11 Å². The molecule has 0 spiro atoms. The second kappa shape index (κ2) is 8.24. The summed E-state index contributed by atoms with van der Waals surface area (Å²) in [7, 11) is 1.59. The molecule has 0 aliphatic rings. The molecule has 122 valence electrons. The smallest absolute Gasteiger partial charge is 0.387 e. The van der Waals surface area contributed by atoms with Crippen molar-refractivity contribution in [1.82, 2.24) is 5.32 Å². The maximum absolute atomic E-state index is 12.4. The molecular formula is C17H17F2NO3. The second-order valence-electron chi connectivity index (χ2n) is 4.76. The van der Waals surface area contributed by atoms with Crippen LogP contribution in [0.15, 0.2) is 48.5 Å². The SMILES string of the molecule is COCc1ccccc1CNC(=O)c1ccccc1OC(F)F. The molecule has 2 aromatic rings. The summed E-state index contributed by atoms with van der Waals surface area (Å²) in [5.74, 6) is -0.626. The fraction of sp³-hybridized carbons (Fsp3) is 0.235. The molecule has 6 heteroatoms. The van der Waals surface area contributed by atoms with Gasteiger partial charge >= 0.3 is 6.61 Å². The monoisotopic (exact) mass is 321 g/mol. The van der Waals surface area contributed by atoms with Crippen molar-refractivity contribution in [3.8, 4) is 5.75 Å². The van der Waals surface area contributed by atoms with Crippen LogP contribution < -0.4 is 10.1 Å². The molecule has 0 aromatic heterocycles. The molecule has 23 heavy (non-hydrogen) atoms. The highest BCUT2D eigenvalue weighted by atomic mass is 19.3. The molecule has 0 heterocycles. The first-order valence-corrected chi connectivity index (χ1v) is 6.99. The maximum atomic E-state index is 12.4. The number of para-hydroxylation sites is 1. The van der Waals surface area contributed by atoms with E-state index in [1.165, 1.54) is 18.2 Å². The van der Waals surface area contributed by atoms with Gasteiger partial charge in [0, 0.05) is 13.7 Å². The number of carbonyl (C=O) groups excluding carboxylic acids is 1. The van der Waals surface area contributed by atoms with E-state index < -0.39 is 12.5 Å². The van der Waals surface area contributed by atoms with Gasteiger partial charge in [-0.3, -0.25) is 4.79 Å². The van der Waals surface area contributed by atoms with Gasteiger partial charge in [0.25, 0.3) is 5.91 Å². The lowest BCUT2D eigenvalue weighted by Crippen LogP contribution is -2.24. The van der Waals surface area contributed by atoms with Crippen LogP contribution >= 0.6 is 0 Å². The highest BCUT2D eigenvalue weighted by Gasteiger charge is 2.15. The Bertz CT molecular complexity index is 662. The molecule has 2 aromatic carbocycles. The van der Waals surface area contributed by atoms with Gasteiger partial charge in [-0.1, -0.05) is 36.4 Å². The number of methoxy groups -OCH3 is 1. The van der Waals surface area contributed by atoms with Crippen molar-refractivity contribution in [2.24, 2.45) is 0 Å². The van der Waals surface area contributed by atoms with Gasteiger partial charge in [-0.2, -0.15) is 8.78 Å². The Labute approximate surface area is 133 Å². The van der Waals surface area contributed by atoms with Crippen LogP contribution in [-0.2, 0) is 17.9 Å². The molecule has 0 aliphatic heterocycles. The Morgan fingerprint density at radius 2 is 1.74 bits per heavy atom. The molecule has 0 fully saturated rings. The van der Waals surface area contributed by atoms with E-state index >= 15 is 0 Å². The third-order valence-corrected chi connectivity index (χ3v) is 3.21. The summed E-state index contributed by atoms with van der Waals surface area (Å²) in [5, 5.41) is 2.71. The lowest BCUT2D eigenvalue weighted by molar-refractivity contribution is -0.0501. The van der Waals surface area contributed by atoms with Crippen LogP contribution in [0.3, 0.4) is 0 Å². The number of hydrogen-bond donors (Lipinski definition) is 1. The van der Waals surface area contributed by atoms with E-state index in [1.807, 2.05) is 24.3 Å². The van der Waals surface area contributed by atoms with E-state index in [0.29, 0.717) is 6.61 Å². The molecule has 1 N–H and O–H groups in total. The highest BCUT2D eigenvalue weighted by molar-refractivity contribution is 5.96. The number of carbonyl (C=O) groups is 1. The first-order valence-electron chi connectivity index (χ1n) is 6.99. The number of rotatable bonds is 7. The zero-order chi connectivity index (χ0) is 16.7. The molecule has 0 radical (unpaired) electrons. The predicted octanol–water partition coefficient (Wildman–Crippen LogP) is 3.36. The standard InChI is InChI=1S/C17H17F2NO3/c1-22-11-13-7-3-2-6-12(13)10-20-16(21)14-8-4-5-9-15(14)23-17(18)19/h2-9,17H,10-11H2,1H3,(H,20,21). The van der Waals surface area contributed by atoms with Gasteiger partial charge in [-0.05, 0) is 23.3 Å². The summed E-state index contributed by atoms with van der Waals surface area (Å²) in [6, 6.07) is 13.4. The molecule has 0 saturated heterocycles. The topological polar surface area (TPSA) is 47.6 Å². The number of halogens is 2. The van der Waals surface area contributed by atoms with Gasteiger partial charge < -0.3 is 14.8 Å². The first-order chi connectivity index (χ1) is 11.1. The van der Waals surface area contributed by atoms with Gasteiger partial charge in [0.05, 0.1) is 12.2 Å². The molecule has 0 aliphatic carbocycles. The summed E-state index contributed by atoms with van der Waals surface area (Å²) >= 11 is 0. The minimum absolute atomic E-state index is 0.0667. The van der Waals surface area contributed by atoms with Crippen molar-refractivity contribution in [3.63, 3.8) is 0 Å². The molecule has 4 nitrogen and oxygen atoms in total. The van der Waals surface area contributed by atoms with Crippen LogP contribution in [0.4, 0.5) is 8.78 Å². The molecule has 0 bridgehead atoms. The largest absolute Gasteiger partial charge is 0.434 e. The summed E-state index contributed by atoms with van der Waals surface area (Å²) in [6.07, 6.45) is 0. The maximum Gasteiger partial charge on any atom is 0.387 e. The van der Waals surface area contributed by atoms with E-state index in [2.05, 4.69) is 10.1 Å². The lowest BCUT2D eigenvalue weighted by atomic mass is 10.1. The third kappa shape index (κ3) is 4.75. The minimum atomic E-state index is -2.98. The molecule has 1 amide bonds. The average Bonchev–Trinajstić information content (AvgIpc) is 2.54. The number of hydrogen-bond acceptors (Lipinski definition) is 3. The van der Waals surface area contributed by atoms with Gasteiger partial charge in [0.15, 0.2) is 0 Å². The number of nitrogens with one attached hydrogen (secondary N) is 1. The van der Waals surface area contributed by atoms with E-state index in [4.69, 9.17) is 4.74 Å². The van der Waals surface area contributed by atoms with Crippen molar-refractivity contribution < 1.29 is 23.0 Å². The predicted molar refractivity (Wildman–Crippen MR) is 81.4 cm³/mol. The Balaban J connectivity index is 2.09. The Morgan fingerprint density at radius 3 is 2.43 bits per heavy atom. The zero-order valence-corrected chi connectivity index (χ0v) is 12.6. The van der Waals surface area contributed by atoms with Crippen LogP contribution in [0.25, 0.3) is 0 Å². The first kappa shape index (κ1) is 16.9. The highest BCUT2D eigenvalue weighted by Crippen LogP contribution is 2.20. The normalized spacial score (nSPS) is 10.6. The van der Waals surface area contributed by atoms with E-state index in [9.17, 15) is 13.6 Å². The van der Waals surface area contributed by atoms with Crippen molar-refractivity contribution >= 4 is 5.91 Å². The van der Waals surface area contributed by atoms with Crippen molar-refractivity contribution in [1.29, 1.82) is 0 Å². The molecule has 0 atom stereocenters. The van der Waals surface area contributed by atoms with Gasteiger partial charge in [0.1, 0.15) is 5.75 Å². The van der Waals surface area contributed by atoms with E-state index in [0.717, 1.165) is 11.1 Å². The van der Waals surface area contributed by atoms with Gasteiger partial charge in [-0.15, -0.1) is 0 Å². The van der Waals surface area contributed by atoms with Crippen LogP contribution in [0.2, 0.25) is 0 Å². The quantitative estimate of drug-likeness (QED) is 0.850. The number of amides is 1. The fourth-order valence-corrected chi connectivity index (χ4v) is 2.15. The number of alkyl halides is 2. The van der Waals surface area contributed by atoms with E-state index in [-0.39, 0.29) is 17.9 Å². The molecule has 0 unspecified atom stereocenters. The third-order valence-electron chi connectivity index (χ3n) is 3.21. The zero-order valence-electron chi connectivity index (χ0n) is 12.6. The number of ether oxygens (including phenoxy) is 2.